The Kier molecular flexibility index (Phi) is 4.85. The predicted molar refractivity (Wildman–Crippen MR) is 72.8 cm³/mol. The molecule has 2 nitrogen and oxygen atoms in total. The Balaban J connectivity index is 1.99. The molecule has 1 saturated heterocycles. The molecule has 1 aromatic carbocycles. The van der Waals surface area contributed by atoms with E-state index in [2.05, 4.69) is 15.9 Å². The highest BCUT2D eigenvalue weighted by molar-refractivity contribution is 9.10. The van der Waals surface area contributed by atoms with Crippen LogP contribution in [0.25, 0.3) is 0 Å². The van der Waals surface area contributed by atoms with Crippen LogP contribution in [-0.2, 0) is 11.2 Å². The fraction of sp³-hybridized carbons (Fsp3) is 0.500. The Hall–Kier alpha value is -0.100. The molecule has 17 heavy (non-hydrogen) atoms. The van der Waals surface area contributed by atoms with Gasteiger partial charge in [-0.25, -0.2) is 4.39 Å². The summed E-state index contributed by atoms with van der Waals surface area (Å²) in [6, 6.07) is 4.80. The fourth-order valence-electron chi connectivity index (χ4n) is 1.89. The summed E-state index contributed by atoms with van der Waals surface area (Å²) in [6.45, 7) is 0.760. The van der Waals surface area contributed by atoms with Crippen LogP contribution < -0.4 is 5.73 Å². The van der Waals surface area contributed by atoms with Crippen LogP contribution in [0.2, 0.25) is 0 Å². The monoisotopic (exact) mass is 319 g/mol. The molecule has 2 rings (SSSR count). The van der Waals surface area contributed by atoms with E-state index in [1.807, 2.05) is 17.8 Å². The van der Waals surface area contributed by atoms with Gasteiger partial charge in [0.1, 0.15) is 5.82 Å². The minimum Gasteiger partial charge on any atom is -0.375 e. The van der Waals surface area contributed by atoms with Gasteiger partial charge in [0.15, 0.2) is 0 Å². The van der Waals surface area contributed by atoms with Crippen molar-refractivity contribution in [2.45, 2.75) is 18.6 Å². The Morgan fingerprint density at radius 3 is 3.00 bits per heavy atom. The number of hydrogen-bond donors (Lipinski definition) is 1. The number of rotatable bonds is 3. The number of benzene rings is 1. The molecule has 0 aromatic heterocycles. The average molecular weight is 320 g/mol. The molecule has 1 fully saturated rings. The molecule has 2 unspecified atom stereocenters. The van der Waals surface area contributed by atoms with E-state index in [4.69, 9.17) is 10.5 Å². The van der Waals surface area contributed by atoms with Crippen molar-refractivity contribution < 1.29 is 9.13 Å². The Morgan fingerprint density at radius 1 is 1.53 bits per heavy atom. The average Bonchev–Trinajstić information content (AvgIpc) is 2.28. The molecule has 0 spiro atoms. The second kappa shape index (κ2) is 6.18. The number of thioether (sulfide) groups is 1. The molecule has 5 heteroatoms. The molecule has 1 aliphatic rings. The number of halogens is 2. The van der Waals surface area contributed by atoms with Crippen molar-refractivity contribution in [2.24, 2.45) is 5.73 Å². The summed E-state index contributed by atoms with van der Waals surface area (Å²) in [6.07, 6.45) is 0.720. The zero-order chi connectivity index (χ0) is 12.3. The van der Waals surface area contributed by atoms with Crippen LogP contribution in [-0.4, -0.2) is 30.3 Å². The number of ether oxygens (including phenoxy) is 1. The maximum atomic E-state index is 13.2. The third kappa shape index (κ3) is 3.95. The van der Waals surface area contributed by atoms with Crippen molar-refractivity contribution >= 4 is 27.7 Å². The molecule has 1 aromatic rings. The van der Waals surface area contributed by atoms with Gasteiger partial charge in [-0.2, -0.15) is 11.8 Å². The van der Waals surface area contributed by atoms with E-state index in [-0.39, 0.29) is 18.0 Å². The van der Waals surface area contributed by atoms with Crippen LogP contribution in [0.15, 0.2) is 22.7 Å². The first-order valence-electron chi connectivity index (χ1n) is 5.55. The summed E-state index contributed by atoms with van der Waals surface area (Å²) in [5.74, 6) is 1.73. The topological polar surface area (TPSA) is 35.2 Å². The van der Waals surface area contributed by atoms with Gasteiger partial charge in [0.25, 0.3) is 0 Å². The van der Waals surface area contributed by atoms with E-state index >= 15 is 0 Å². The Labute approximate surface area is 113 Å². The van der Waals surface area contributed by atoms with E-state index < -0.39 is 0 Å². The fourth-order valence-corrected chi connectivity index (χ4v) is 3.35. The largest absolute Gasteiger partial charge is 0.375 e. The predicted octanol–water partition coefficient (Wildman–Crippen LogP) is 2.59. The molecule has 94 valence electrons. The van der Waals surface area contributed by atoms with Crippen LogP contribution >= 0.6 is 27.7 Å². The summed E-state index contributed by atoms with van der Waals surface area (Å²) in [4.78, 5) is 0. The van der Waals surface area contributed by atoms with Crippen molar-refractivity contribution in [2.75, 3.05) is 18.1 Å². The highest BCUT2D eigenvalue weighted by Crippen LogP contribution is 2.19. The van der Waals surface area contributed by atoms with E-state index in [1.165, 1.54) is 12.1 Å². The van der Waals surface area contributed by atoms with E-state index in [1.54, 1.807) is 0 Å². The van der Waals surface area contributed by atoms with Crippen molar-refractivity contribution in [3.63, 3.8) is 0 Å². The third-order valence-electron chi connectivity index (χ3n) is 2.71. The zero-order valence-electron chi connectivity index (χ0n) is 9.36. The van der Waals surface area contributed by atoms with Crippen LogP contribution in [0.4, 0.5) is 4.39 Å². The Morgan fingerprint density at radius 2 is 2.35 bits per heavy atom. The van der Waals surface area contributed by atoms with E-state index in [0.29, 0.717) is 6.42 Å². The van der Waals surface area contributed by atoms with Gasteiger partial charge >= 0.3 is 0 Å². The van der Waals surface area contributed by atoms with E-state index in [0.717, 1.165) is 28.1 Å². The molecule has 0 saturated carbocycles. The van der Waals surface area contributed by atoms with Crippen molar-refractivity contribution in [1.29, 1.82) is 0 Å². The maximum absolute atomic E-state index is 13.2. The first-order chi connectivity index (χ1) is 8.15. The normalized spacial score (nSPS) is 22.4. The maximum Gasteiger partial charge on any atom is 0.124 e. The van der Waals surface area contributed by atoms with Gasteiger partial charge in [-0.15, -0.1) is 0 Å². The van der Waals surface area contributed by atoms with Crippen molar-refractivity contribution in [1.82, 2.24) is 0 Å². The molecule has 0 radical (unpaired) electrons. The SMILES string of the molecule is NC(Cc1cc(F)cc(Br)c1)C1CSCCO1. The highest BCUT2D eigenvalue weighted by atomic mass is 79.9. The molecule has 1 heterocycles. The van der Waals surface area contributed by atoms with Crippen LogP contribution in [0.1, 0.15) is 5.56 Å². The minimum atomic E-state index is -0.236. The lowest BCUT2D eigenvalue weighted by Crippen LogP contribution is -2.42. The molecule has 0 aliphatic carbocycles. The third-order valence-corrected chi connectivity index (χ3v) is 4.19. The summed E-state index contributed by atoms with van der Waals surface area (Å²) < 4.78 is 19.6. The van der Waals surface area contributed by atoms with Gasteiger partial charge in [0.2, 0.25) is 0 Å². The van der Waals surface area contributed by atoms with Gasteiger partial charge in [-0.1, -0.05) is 15.9 Å². The summed E-state index contributed by atoms with van der Waals surface area (Å²) >= 11 is 5.14. The lowest BCUT2D eigenvalue weighted by molar-refractivity contribution is 0.0571. The zero-order valence-corrected chi connectivity index (χ0v) is 11.8. The second-order valence-corrected chi connectivity index (χ2v) is 6.20. The summed E-state index contributed by atoms with van der Waals surface area (Å²) in [5.41, 5.74) is 7.01. The van der Waals surface area contributed by atoms with Gasteiger partial charge < -0.3 is 10.5 Å². The van der Waals surface area contributed by atoms with Gasteiger partial charge in [-0.05, 0) is 30.2 Å². The van der Waals surface area contributed by atoms with Crippen molar-refractivity contribution in [3.8, 4) is 0 Å². The smallest absolute Gasteiger partial charge is 0.124 e. The molecule has 2 atom stereocenters. The highest BCUT2D eigenvalue weighted by Gasteiger charge is 2.22. The molecular formula is C12H15BrFNOS. The minimum absolute atomic E-state index is 0.0727. The molecular weight excluding hydrogens is 305 g/mol. The van der Waals surface area contributed by atoms with Crippen LogP contribution in [0, 0.1) is 5.82 Å². The molecule has 0 amide bonds. The quantitative estimate of drug-likeness (QED) is 0.930. The Bertz CT molecular complexity index is 365. The molecule has 1 aliphatic heterocycles. The summed E-state index contributed by atoms with van der Waals surface area (Å²) in [7, 11) is 0. The first-order valence-corrected chi connectivity index (χ1v) is 7.50. The lowest BCUT2D eigenvalue weighted by atomic mass is 10.0. The lowest BCUT2D eigenvalue weighted by Gasteiger charge is -2.27. The van der Waals surface area contributed by atoms with Gasteiger partial charge in [0.05, 0.1) is 12.7 Å². The van der Waals surface area contributed by atoms with Crippen LogP contribution in [0.3, 0.4) is 0 Å². The first kappa shape index (κ1) is 13.3. The number of hydrogen-bond acceptors (Lipinski definition) is 3. The van der Waals surface area contributed by atoms with Crippen molar-refractivity contribution in [3.05, 3.63) is 34.1 Å². The molecule has 2 N–H and O–H groups in total. The van der Waals surface area contributed by atoms with Gasteiger partial charge in [-0.3, -0.25) is 0 Å². The summed E-state index contributed by atoms with van der Waals surface area (Å²) in [5, 5.41) is 0. The van der Waals surface area contributed by atoms with Gasteiger partial charge in [0, 0.05) is 22.0 Å². The second-order valence-electron chi connectivity index (χ2n) is 4.13. The molecule has 0 bridgehead atoms. The standard InChI is InChI=1S/C12H15BrFNOS/c13-9-3-8(4-10(14)6-9)5-11(15)12-7-17-2-1-16-12/h3-4,6,11-12H,1-2,5,7,15H2. The van der Waals surface area contributed by atoms with Crippen LogP contribution in [0.5, 0.6) is 0 Å². The number of nitrogens with two attached hydrogens (primary N) is 1. The van der Waals surface area contributed by atoms with E-state index in [9.17, 15) is 4.39 Å².